The Kier molecular flexibility index (Phi) is 4.61. The zero-order valence-electron chi connectivity index (χ0n) is 11.2. The molecule has 0 aliphatic rings. The molecule has 0 bridgehead atoms. The van der Waals surface area contributed by atoms with Crippen LogP contribution in [0.5, 0.6) is 11.5 Å². The Labute approximate surface area is 122 Å². The van der Waals surface area contributed by atoms with E-state index >= 15 is 0 Å². The second-order valence-corrected chi connectivity index (χ2v) is 5.72. The Hall–Kier alpha value is -1.32. The van der Waals surface area contributed by atoms with Crippen LogP contribution in [0.1, 0.15) is 18.1 Å². The van der Waals surface area contributed by atoms with Gasteiger partial charge in [-0.1, -0.05) is 18.2 Å². The highest BCUT2D eigenvalue weighted by Crippen LogP contribution is 2.30. The van der Waals surface area contributed by atoms with Crippen LogP contribution in [-0.4, -0.2) is 6.04 Å². The van der Waals surface area contributed by atoms with Gasteiger partial charge in [-0.2, -0.15) is 0 Å². The number of nitrogens with two attached hydrogens (primary N) is 1. The van der Waals surface area contributed by atoms with Crippen LogP contribution >= 0.6 is 15.9 Å². The summed E-state index contributed by atoms with van der Waals surface area (Å²) in [5.41, 5.74) is 8.21. The van der Waals surface area contributed by atoms with Crippen molar-refractivity contribution in [2.75, 3.05) is 0 Å². The summed E-state index contributed by atoms with van der Waals surface area (Å²) < 4.78 is 6.81. The van der Waals surface area contributed by atoms with Gasteiger partial charge in [0.05, 0.1) is 4.47 Å². The number of hydrogen-bond acceptors (Lipinski definition) is 2. The topological polar surface area (TPSA) is 35.2 Å². The summed E-state index contributed by atoms with van der Waals surface area (Å²) in [7, 11) is 0. The molecule has 0 radical (unpaired) electrons. The van der Waals surface area contributed by atoms with E-state index in [1.807, 2.05) is 37.3 Å². The van der Waals surface area contributed by atoms with Crippen LogP contribution in [0.4, 0.5) is 0 Å². The van der Waals surface area contributed by atoms with Crippen LogP contribution < -0.4 is 10.5 Å². The van der Waals surface area contributed by atoms with Gasteiger partial charge in [0.1, 0.15) is 11.5 Å². The van der Waals surface area contributed by atoms with Gasteiger partial charge >= 0.3 is 0 Å². The summed E-state index contributed by atoms with van der Waals surface area (Å²) >= 11 is 3.51. The van der Waals surface area contributed by atoms with Crippen molar-refractivity contribution >= 4 is 15.9 Å². The molecule has 0 aromatic heterocycles. The van der Waals surface area contributed by atoms with Gasteiger partial charge in [0.2, 0.25) is 0 Å². The molecule has 0 fully saturated rings. The number of ether oxygens (including phenoxy) is 1. The first-order valence-corrected chi connectivity index (χ1v) is 7.12. The Bertz CT molecular complexity index is 549. The molecule has 0 saturated carbocycles. The molecular formula is C16H18BrNO. The standard InChI is InChI=1S/C16H18BrNO/c1-11-3-8-16(15(17)9-11)19-14-6-4-13(5-7-14)10-12(2)18/h3-9,12H,10,18H2,1-2H3. The van der Waals surface area contributed by atoms with Crippen LogP contribution in [0.2, 0.25) is 0 Å². The number of aryl methyl sites for hydroxylation is 1. The second kappa shape index (κ2) is 6.22. The molecule has 0 amide bonds. The Morgan fingerprint density at radius 2 is 1.84 bits per heavy atom. The lowest BCUT2D eigenvalue weighted by atomic mass is 10.1. The first-order chi connectivity index (χ1) is 9.04. The molecule has 0 saturated heterocycles. The second-order valence-electron chi connectivity index (χ2n) is 4.86. The Morgan fingerprint density at radius 3 is 2.42 bits per heavy atom. The molecule has 0 spiro atoms. The van der Waals surface area contributed by atoms with E-state index in [4.69, 9.17) is 10.5 Å². The molecule has 2 rings (SSSR count). The maximum Gasteiger partial charge on any atom is 0.141 e. The van der Waals surface area contributed by atoms with Gasteiger partial charge in [-0.05, 0) is 71.6 Å². The quantitative estimate of drug-likeness (QED) is 0.904. The highest BCUT2D eigenvalue weighted by atomic mass is 79.9. The first-order valence-electron chi connectivity index (χ1n) is 6.33. The largest absolute Gasteiger partial charge is 0.456 e. The summed E-state index contributed by atoms with van der Waals surface area (Å²) in [6, 6.07) is 14.3. The first kappa shape index (κ1) is 14.1. The van der Waals surface area contributed by atoms with Gasteiger partial charge in [0.25, 0.3) is 0 Å². The van der Waals surface area contributed by atoms with Crippen LogP contribution in [0, 0.1) is 6.92 Å². The highest BCUT2D eigenvalue weighted by Gasteiger charge is 2.03. The molecule has 1 unspecified atom stereocenters. The van der Waals surface area contributed by atoms with E-state index in [1.165, 1.54) is 11.1 Å². The third-order valence-corrected chi connectivity index (χ3v) is 3.42. The predicted octanol–water partition coefficient (Wildman–Crippen LogP) is 4.44. The zero-order chi connectivity index (χ0) is 13.8. The van der Waals surface area contributed by atoms with Crippen molar-refractivity contribution in [3.63, 3.8) is 0 Å². The number of halogens is 1. The van der Waals surface area contributed by atoms with Crippen molar-refractivity contribution in [1.82, 2.24) is 0 Å². The van der Waals surface area contributed by atoms with Gasteiger partial charge in [0.15, 0.2) is 0 Å². The van der Waals surface area contributed by atoms with E-state index in [-0.39, 0.29) is 6.04 Å². The Morgan fingerprint density at radius 1 is 1.16 bits per heavy atom. The van der Waals surface area contributed by atoms with E-state index in [9.17, 15) is 0 Å². The zero-order valence-corrected chi connectivity index (χ0v) is 12.8. The average molecular weight is 320 g/mol. The highest BCUT2D eigenvalue weighted by molar-refractivity contribution is 9.10. The van der Waals surface area contributed by atoms with E-state index in [0.717, 1.165) is 22.4 Å². The molecule has 2 aromatic rings. The molecule has 1 atom stereocenters. The molecule has 3 heteroatoms. The van der Waals surface area contributed by atoms with Crippen LogP contribution in [-0.2, 0) is 6.42 Å². The van der Waals surface area contributed by atoms with Gasteiger partial charge in [-0.25, -0.2) is 0 Å². The van der Waals surface area contributed by atoms with Crippen LogP contribution in [0.15, 0.2) is 46.9 Å². The fourth-order valence-electron chi connectivity index (χ4n) is 1.88. The number of benzene rings is 2. The normalized spacial score (nSPS) is 12.2. The maximum atomic E-state index is 5.85. The van der Waals surface area contributed by atoms with Crippen molar-refractivity contribution in [2.24, 2.45) is 5.73 Å². The smallest absolute Gasteiger partial charge is 0.141 e. The predicted molar refractivity (Wildman–Crippen MR) is 82.7 cm³/mol. The Balaban J connectivity index is 2.10. The molecule has 0 aliphatic carbocycles. The third kappa shape index (κ3) is 4.08. The SMILES string of the molecule is Cc1ccc(Oc2ccc(CC(C)N)cc2)c(Br)c1. The summed E-state index contributed by atoms with van der Waals surface area (Å²) in [5, 5.41) is 0. The maximum absolute atomic E-state index is 5.85. The molecule has 19 heavy (non-hydrogen) atoms. The molecule has 2 N–H and O–H groups in total. The van der Waals surface area contributed by atoms with Crippen molar-refractivity contribution in [2.45, 2.75) is 26.3 Å². The molecule has 100 valence electrons. The van der Waals surface area contributed by atoms with Crippen molar-refractivity contribution in [3.05, 3.63) is 58.1 Å². The molecule has 2 nitrogen and oxygen atoms in total. The number of hydrogen-bond donors (Lipinski definition) is 1. The minimum Gasteiger partial charge on any atom is -0.456 e. The van der Waals surface area contributed by atoms with E-state index in [0.29, 0.717) is 0 Å². The van der Waals surface area contributed by atoms with Crippen molar-refractivity contribution < 1.29 is 4.74 Å². The minimum absolute atomic E-state index is 0.179. The number of rotatable bonds is 4. The third-order valence-electron chi connectivity index (χ3n) is 2.80. The fraction of sp³-hybridized carbons (Fsp3) is 0.250. The minimum atomic E-state index is 0.179. The van der Waals surface area contributed by atoms with Gasteiger partial charge in [0, 0.05) is 6.04 Å². The fourth-order valence-corrected chi connectivity index (χ4v) is 2.46. The lowest BCUT2D eigenvalue weighted by molar-refractivity contribution is 0.479. The molecule has 0 heterocycles. The van der Waals surface area contributed by atoms with E-state index < -0.39 is 0 Å². The summed E-state index contributed by atoms with van der Waals surface area (Å²) in [6.45, 7) is 4.06. The summed E-state index contributed by atoms with van der Waals surface area (Å²) in [5.74, 6) is 1.66. The van der Waals surface area contributed by atoms with Gasteiger partial charge < -0.3 is 10.5 Å². The van der Waals surface area contributed by atoms with Crippen molar-refractivity contribution in [1.29, 1.82) is 0 Å². The van der Waals surface area contributed by atoms with E-state index in [1.54, 1.807) is 0 Å². The van der Waals surface area contributed by atoms with E-state index in [2.05, 4.69) is 35.0 Å². The van der Waals surface area contributed by atoms with Crippen molar-refractivity contribution in [3.8, 4) is 11.5 Å². The lowest BCUT2D eigenvalue weighted by Gasteiger charge is -2.10. The van der Waals surface area contributed by atoms with Crippen LogP contribution in [0.3, 0.4) is 0 Å². The molecule has 0 aliphatic heterocycles. The summed E-state index contributed by atoms with van der Waals surface area (Å²) in [6.07, 6.45) is 0.883. The van der Waals surface area contributed by atoms with Crippen LogP contribution in [0.25, 0.3) is 0 Å². The van der Waals surface area contributed by atoms with Gasteiger partial charge in [-0.15, -0.1) is 0 Å². The lowest BCUT2D eigenvalue weighted by Crippen LogP contribution is -2.17. The molecule has 2 aromatic carbocycles. The van der Waals surface area contributed by atoms with Gasteiger partial charge in [-0.3, -0.25) is 0 Å². The average Bonchev–Trinajstić information content (AvgIpc) is 2.34. The molecular weight excluding hydrogens is 302 g/mol. The summed E-state index contributed by atoms with van der Waals surface area (Å²) in [4.78, 5) is 0. The monoisotopic (exact) mass is 319 g/mol.